The second-order valence-electron chi connectivity index (χ2n) is 7.74. The van der Waals surface area contributed by atoms with Crippen LogP contribution in [0.2, 0.25) is 5.02 Å². The molecule has 28 heavy (non-hydrogen) atoms. The molecule has 4 nitrogen and oxygen atoms in total. The van der Waals surface area contributed by atoms with Gasteiger partial charge in [-0.05, 0) is 52.4 Å². The van der Waals surface area contributed by atoms with Gasteiger partial charge in [0.1, 0.15) is 0 Å². The van der Waals surface area contributed by atoms with Crippen LogP contribution in [0.5, 0.6) is 0 Å². The molecule has 3 aliphatic rings. The highest BCUT2D eigenvalue weighted by Gasteiger charge is 2.60. The van der Waals surface area contributed by atoms with E-state index in [-0.39, 0.29) is 17.5 Å². The van der Waals surface area contributed by atoms with E-state index in [0.717, 1.165) is 31.5 Å². The van der Waals surface area contributed by atoms with Crippen molar-refractivity contribution in [3.63, 3.8) is 0 Å². The van der Waals surface area contributed by atoms with E-state index in [1.54, 1.807) is 12.1 Å². The number of fused-ring (bicyclic) bond motifs is 1. The van der Waals surface area contributed by atoms with Crippen LogP contribution in [-0.2, 0) is 0 Å². The van der Waals surface area contributed by atoms with Gasteiger partial charge in [-0.1, -0.05) is 48.0 Å². The Labute approximate surface area is 178 Å². The lowest BCUT2D eigenvalue weighted by Crippen LogP contribution is -2.56. The number of nitrogens with one attached hydrogen (secondary N) is 1. The number of anilines is 1. The minimum Gasteiger partial charge on any atom is -0.398 e. The zero-order valence-electron chi connectivity index (χ0n) is 15.5. The first-order valence-electron chi connectivity index (χ1n) is 9.41. The van der Waals surface area contributed by atoms with Gasteiger partial charge in [-0.25, -0.2) is 0 Å². The number of nitrogens with zero attached hydrogens (tertiary/aromatic N) is 1. The maximum absolute atomic E-state index is 13.2. The molecule has 3 fully saturated rings. The van der Waals surface area contributed by atoms with E-state index in [2.05, 4.69) is 44.9 Å². The molecule has 5 rings (SSSR count). The summed E-state index contributed by atoms with van der Waals surface area (Å²) in [5, 5.41) is 3.78. The number of carbonyl (C=O) groups excluding carboxylic acids is 1. The average molecular weight is 461 g/mol. The fraction of sp³-hybridized carbons (Fsp3) is 0.318. The number of amides is 1. The van der Waals surface area contributed by atoms with E-state index >= 15 is 0 Å². The summed E-state index contributed by atoms with van der Waals surface area (Å²) in [6, 6.07) is 13.4. The predicted octanol–water partition coefficient (Wildman–Crippen LogP) is 4.81. The van der Waals surface area contributed by atoms with Gasteiger partial charge in [-0.2, -0.15) is 0 Å². The lowest BCUT2D eigenvalue weighted by Gasteiger charge is -2.48. The molecular formula is C22H23BrClN3O. The molecule has 0 aromatic heterocycles. The normalized spacial score (nSPS) is 24.4. The van der Waals surface area contributed by atoms with Gasteiger partial charge in [0.15, 0.2) is 0 Å². The van der Waals surface area contributed by atoms with Crippen LogP contribution in [0.3, 0.4) is 0 Å². The maximum atomic E-state index is 13.2. The first-order chi connectivity index (χ1) is 13.4. The summed E-state index contributed by atoms with van der Waals surface area (Å²) >= 11 is 9.49. The topological polar surface area (TPSA) is 58.4 Å². The second kappa shape index (κ2) is 7.54. The number of hydrogen-bond acceptors (Lipinski definition) is 3. The van der Waals surface area contributed by atoms with Gasteiger partial charge in [0.05, 0.1) is 16.6 Å². The van der Waals surface area contributed by atoms with Crippen molar-refractivity contribution in [3.8, 4) is 0 Å². The zero-order valence-corrected chi connectivity index (χ0v) is 17.8. The highest BCUT2D eigenvalue weighted by Crippen LogP contribution is 2.56. The van der Waals surface area contributed by atoms with E-state index in [4.69, 9.17) is 17.3 Å². The van der Waals surface area contributed by atoms with E-state index in [1.165, 1.54) is 0 Å². The van der Waals surface area contributed by atoms with Crippen molar-refractivity contribution < 1.29 is 4.79 Å². The van der Waals surface area contributed by atoms with Gasteiger partial charge < -0.3 is 11.1 Å². The molecule has 1 aliphatic carbocycles. The molecule has 146 valence electrons. The molecule has 2 heterocycles. The van der Waals surface area contributed by atoms with Crippen molar-refractivity contribution in [2.24, 2.45) is 5.92 Å². The van der Waals surface area contributed by atoms with Crippen molar-refractivity contribution in [1.29, 1.82) is 0 Å². The van der Waals surface area contributed by atoms with Crippen LogP contribution in [0.15, 0.2) is 59.6 Å². The fourth-order valence-corrected chi connectivity index (χ4v) is 5.31. The van der Waals surface area contributed by atoms with Gasteiger partial charge in [-0.15, -0.1) is 6.58 Å². The Kier molecular flexibility index (Phi) is 5.25. The molecule has 1 atom stereocenters. The van der Waals surface area contributed by atoms with Crippen molar-refractivity contribution >= 4 is 39.1 Å². The summed E-state index contributed by atoms with van der Waals surface area (Å²) in [6.07, 6.45) is 4.11. The summed E-state index contributed by atoms with van der Waals surface area (Å²) < 4.78 is 0.654. The van der Waals surface area contributed by atoms with Crippen LogP contribution < -0.4 is 11.1 Å². The standard InChI is InChI=1S/C22H23BrClN3O/c1-2-8-27-13-14-11-22(27,12-14)20(15-6-4-3-5-7-15)26-21(28)16-9-17(23)18(24)10-19(16)25/h2-7,9-10,14,20H,1,8,11-13,25H2,(H,26,28). The number of carbonyl (C=O) groups is 1. The Hall–Kier alpha value is -1.82. The molecule has 0 spiro atoms. The number of benzene rings is 2. The zero-order chi connectivity index (χ0) is 19.9. The van der Waals surface area contributed by atoms with E-state index in [0.29, 0.717) is 26.7 Å². The molecule has 1 unspecified atom stereocenters. The Morgan fingerprint density at radius 1 is 1.39 bits per heavy atom. The smallest absolute Gasteiger partial charge is 0.253 e. The van der Waals surface area contributed by atoms with Crippen LogP contribution in [-0.4, -0.2) is 29.4 Å². The molecule has 2 aromatic rings. The highest BCUT2D eigenvalue weighted by molar-refractivity contribution is 9.10. The van der Waals surface area contributed by atoms with Crippen LogP contribution >= 0.6 is 27.5 Å². The Balaban J connectivity index is 1.69. The molecule has 2 saturated heterocycles. The first kappa shape index (κ1) is 19.5. The minimum absolute atomic E-state index is 0.0751. The van der Waals surface area contributed by atoms with Crippen molar-refractivity contribution in [1.82, 2.24) is 10.2 Å². The molecule has 0 radical (unpaired) electrons. The Morgan fingerprint density at radius 3 is 2.79 bits per heavy atom. The van der Waals surface area contributed by atoms with Crippen LogP contribution in [0.4, 0.5) is 5.69 Å². The number of halogens is 2. The molecule has 2 aliphatic heterocycles. The number of hydrogen-bond donors (Lipinski definition) is 2. The molecular weight excluding hydrogens is 438 g/mol. The summed E-state index contributed by atoms with van der Waals surface area (Å²) in [6.45, 7) is 5.79. The Morgan fingerprint density at radius 2 is 2.11 bits per heavy atom. The first-order valence-corrected chi connectivity index (χ1v) is 10.6. The van der Waals surface area contributed by atoms with Gasteiger partial charge in [-0.3, -0.25) is 9.69 Å². The van der Waals surface area contributed by atoms with E-state index in [1.807, 2.05) is 24.3 Å². The molecule has 3 N–H and O–H groups in total. The summed E-state index contributed by atoms with van der Waals surface area (Å²) in [7, 11) is 0. The Bertz CT molecular complexity index is 911. The van der Waals surface area contributed by atoms with Gasteiger partial charge in [0.2, 0.25) is 0 Å². The van der Waals surface area contributed by atoms with Crippen molar-refractivity contribution in [2.45, 2.75) is 24.4 Å². The summed E-state index contributed by atoms with van der Waals surface area (Å²) in [4.78, 5) is 15.7. The molecule has 1 saturated carbocycles. The molecule has 2 bridgehead atoms. The SMILES string of the molecule is C=CCN1CC2CC1(C(NC(=O)c1cc(Br)c(Cl)cc1N)c1ccccc1)C2. The predicted molar refractivity (Wildman–Crippen MR) is 117 cm³/mol. The lowest BCUT2D eigenvalue weighted by molar-refractivity contribution is 0.0586. The quantitative estimate of drug-likeness (QED) is 0.480. The minimum atomic E-state index is -0.188. The lowest BCUT2D eigenvalue weighted by atomic mass is 9.67. The van der Waals surface area contributed by atoms with E-state index in [9.17, 15) is 4.79 Å². The largest absolute Gasteiger partial charge is 0.398 e. The van der Waals surface area contributed by atoms with Crippen molar-refractivity contribution in [3.05, 3.63) is 75.7 Å². The van der Waals surface area contributed by atoms with Gasteiger partial charge in [0, 0.05) is 28.8 Å². The number of nitrogens with two attached hydrogens (primary N) is 1. The monoisotopic (exact) mass is 459 g/mol. The van der Waals surface area contributed by atoms with Gasteiger partial charge in [0.25, 0.3) is 5.91 Å². The average Bonchev–Trinajstić information content (AvgIpc) is 3.18. The third kappa shape index (κ3) is 3.25. The van der Waals surface area contributed by atoms with Gasteiger partial charge >= 0.3 is 0 Å². The second-order valence-corrected chi connectivity index (χ2v) is 9.00. The summed E-state index contributed by atoms with van der Waals surface area (Å²) in [5.41, 5.74) is 7.92. The van der Waals surface area contributed by atoms with Crippen LogP contribution in [0.25, 0.3) is 0 Å². The third-order valence-corrected chi connectivity index (χ3v) is 7.22. The van der Waals surface area contributed by atoms with Crippen LogP contribution in [0.1, 0.15) is 34.8 Å². The molecule has 6 heteroatoms. The maximum Gasteiger partial charge on any atom is 0.253 e. The van der Waals surface area contributed by atoms with Crippen molar-refractivity contribution in [2.75, 3.05) is 18.8 Å². The highest BCUT2D eigenvalue weighted by atomic mass is 79.9. The third-order valence-electron chi connectivity index (χ3n) is 6.02. The molecule has 1 amide bonds. The van der Waals surface area contributed by atoms with E-state index < -0.39 is 0 Å². The summed E-state index contributed by atoms with van der Waals surface area (Å²) in [5.74, 6) is 0.504. The van der Waals surface area contributed by atoms with Crippen LogP contribution in [0, 0.1) is 5.92 Å². The molecule has 2 aromatic carbocycles. The fourth-order valence-electron chi connectivity index (χ4n) is 4.79. The number of rotatable bonds is 6. The number of nitrogen functional groups attached to an aromatic ring is 1.